The van der Waals surface area contributed by atoms with E-state index in [2.05, 4.69) is 27.8 Å². The van der Waals surface area contributed by atoms with E-state index in [9.17, 15) is 0 Å². The molecule has 112 valence electrons. The maximum Gasteiger partial charge on any atom is 0.191 e. The molecule has 20 heavy (non-hydrogen) atoms. The SMILES string of the molecule is CCOCCNC(=NC)NCCCc1ccc(Cl)cc1. The molecule has 0 amide bonds. The molecule has 0 bridgehead atoms. The summed E-state index contributed by atoms with van der Waals surface area (Å²) in [4.78, 5) is 4.16. The van der Waals surface area contributed by atoms with Gasteiger partial charge in [-0.2, -0.15) is 0 Å². The number of aryl methyl sites for hydroxylation is 1. The summed E-state index contributed by atoms with van der Waals surface area (Å²) < 4.78 is 5.27. The predicted octanol–water partition coefficient (Wildman–Crippen LogP) is 2.47. The Bertz CT molecular complexity index is 393. The molecular weight excluding hydrogens is 274 g/mol. The van der Waals surface area contributed by atoms with Crippen LogP contribution < -0.4 is 10.6 Å². The number of ether oxygens (including phenoxy) is 1. The zero-order valence-corrected chi connectivity index (χ0v) is 13.0. The third-order valence-electron chi connectivity index (χ3n) is 2.81. The zero-order valence-electron chi connectivity index (χ0n) is 12.3. The van der Waals surface area contributed by atoms with Crippen LogP contribution in [0.15, 0.2) is 29.3 Å². The van der Waals surface area contributed by atoms with Crippen molar-refractivity contribution in [2.45, 2.75) is 19.8 Å². The Morgan fingerprint density at radius 2 is 1.90 bits per heavy atom. The predicted molar refractivity (Wildman–Crippen MR) is 85.6 cm³/mol. The van der Waals surface area contributed by atoms with Gasteiger partial charge in [-0.1, -0.05) is 23.7 Å². The summed E-state index contributed by atoms with van der Waals surface area (Å²) in [5, 5.41) is 7.28. The summed E-state index contributed by atoms with van der Waals surface area (Å²) in [5.74, 6) is 0.820. The van der Waals surface area contributed by atoms with E-state index in [1.807, 2.05) is 19.1 Å². The number of rotatable bonds is 8. The largest absolute Gasteiger partial charge is 0.380 e. The van der Waals surface area contributed by atoms with Crippen LogP contribution in [-0.4, -0.2) is 39.3 Å². The summed E-state index contributed by atoms with van der Waals surface area (Å²) in [6, 6.07) is 7.99. The first-order chi connectivity index (χ1) is 9.76. The Hall–Kier alpha value is -1.26. The first-order valence-corrected chi connectivity index (χ1v) is 7.40. The molecule has 0 radical (unpaired) electrons. The maximum absolute atomic E-state index is 5.86. The van der Waals surface area contributed by atoms with Gasteiger partial charge in [-0.05, 0) is 37.5 Å². The summed E-state index contributed by atoms with van der Waals surface area (Å²) in [5.41, 5.74) is 1.30. The molecule has 0 fully saturated rings. The van der Waals surface area contributed by atoms with E-state index in [0.717, 1.165) is 43.5 Å². The number of guanidine groups is 1. The Kier molecular flexibility index (Phi) is 8.83. The molecule has 4 nitrogen and oxygen atoms in total. The first-order valence-electron chi connectivity index (χ1n) is 7.03. The van der Waals surface area contributed by atoms with Crippen molar-refractivity contribution < 1.29 is 4.74 Å². The molecule has 0 aliphatic rings. The van der Waals surface area contributed by atoms with Crippen molar-refractivity contribution in [1.29, 1.82) is 0 Å². The van der Waals surface area contributed by atoms with E-state index in [0.29, 0.717) is 6.61 Å². The molecule has 0 heterocycles. The number of hydrogen-bond donors (Lipinski definition) is 2. The van der Waals surface area contributed by atoms with Gasteiger partial charge in [0.25, 0.3) is 0 Å². The van der Waals surface area contributed by atoms with Crippen LogP contribution >= 0.6 is 11.6 Å². The number of benzene rings is 1. The second kappa shape index (κ2) is 10.5. The molecule has 0 atom stereocenters. The smallest absolute Gasteiger partial charge is 0.191 e. The Morgan fingerprint density at radius 3 is 2.55 bits per heavy atom. The molecule has 0 aliphatic heterocycles. The van der Waals surface area contributed by atoms with Gasteiger partial charge in [-0.3, -0.25) is 4.99 Å². The van der Waals surface area contributed by atoms with Gasteiger partial charge in [0.05, 0.1) is 6.61 Å². The molecule has 0 saturated carbocycles. The fourth-order valence-electron chi connectivity index (χ4n) is 1.76. The van der Waals surface area contributed by atoms with Crippen molar-refractivity contribution in [2.24, 2.45) is 4.99 Å². The normalized spacial score (nSPS) is 11.4. The average molecular weight is 298 g/mol. The second-order valence-corrected chi connectivity index (χ2v) is 4.79. The zero-order chi connectivity index (χ0) is 14.6. The Morgan fingerprint density at radius 1 is 1.20 bits per heavy atom. The van der Waals surface area contributed by atoms with Gasteiger partial charge in [0.2, 0.25) is 0 Å². The van der Waals surface area contributed by atoms with Crippen LogP contribution in [0.3, 0.4) is 0 Å². The summed E-state index contributed by atoms with van der Waals surface area (Å²) >= 11 is 5.86. The Labute approximate surface area is 126 Å². The minimum absolute atomic E-state index is 0.696. The molecule has 1 rings (SSSR count). The van der Waals surface area contributed by atoms with Crippen molar-refractivity contribution in [3.8, 4) is 0 Å². The van der Waals surface area contributed by atoms with Crippen LogP contribution in [-0.2, 0) is 11.2 Å². The highest BCUT2D eigenvalue weighted by Crippen LogP contribution is 2.10. The lowest BCUT2D eigenvalue weighted by Crippen LogP contribution is -2.39. The molecule has 1 aromatic rings. The summed E-state index contributed by atoms with van der Waals surface area (Å²) in [7, 11) is 1.77. The molecule has 2 N–H and O–H groups in total. The van der Waals surface area contributed by atoms with E-state index in [-0.39, 0.29) is 0 Å². The van der Waals surface area contributed by atoms with Gasteiger partial charge in [0.1, 0.15) is 0 Å². The maximum atomic E-state index is 5.86. The Balaban J connectivity index is 2.13. The fourth-order valence-corrected chi connectivity index (χ4v) is 1.88. The lowest BCUT2D eigenvalue weighted by molar-refractivity contribution is 0.152. The first kappa shape index (κ1) is 16.8. The van der Waals surface area contributed by atoms with Crippen LogP contribution in [0, 0.1) is 0 Å². The number of hydrogen-bond acceptors (Lipinski definition) is 2. The average Bonchev–Trinajstić information content (AvgIpc) is 2.47. The van der Waals surface area contributed by atoms with Crippen molar-refractivity contribution in [3.05, 3.63) is 34.9 Å². The molecule has 0 aliphatic carbocycles. The topological polar surface area (TPSA) is 45.6 Å². The van der Waals surface area contributed by atoms with Gasteiger partial charge in [-0.25, -0.2) is 0 Å². The minimum Gasteiger partial charge on any atom is -0.380 e. The minimum atomic E-state index is 0.696. The van der Waals surface area contributed by atoms with Gasteiger partial charge < -0.3 is 15.4 Å². The van der Waals surface area contributed by atoms with Gasteiger partial charge >= 0.3 is 0 Å². The monoisotopic (exact) mass is 297 g/mol. The molecule has 0 unspecified atom stereocenters. The summed E-state index contributed by atoms with van der Waals surface area (Å²) in [6.45, 7) is 5.09. The van der Waals surface area contributed by atoms with Crippen molar-refractivity contribution >= 4 is 17.6 Å². The van der Waals surface area contributed by atoms with Crippen LogP contribution in [0.25, 0.3) is 0 Å². The van der Waals surface area contributed by atoms with Gasteiger partial charge in [0, 0.05) is 31.8 Å². The number of halogens is 1. The van der Waals surface area contributed by atoms with Crippen molar-refractivity contribution in [2.75, 3.05) is 33.4 Å². The molecule has 0 aromatic heterocycles. The number of nitrogens with zero attached hydrogens (tertiary/aromatic N) is 1. The summed E-state index contributed by atoms with van der Waals surface area (Å²) in [6.07, 6.45) is 2.08. The molecule has 0 saturated heterocycles. The van der Waals surface area contributed by atoms with Crippen LogP contribution in [0.5, 0.6) is 0 Å². The van der Waals surface area contributed by atoms with Crippen molar-refractivity contribution in [3.63, 3.8) is 0 Å². The lowest BCUT2D eigenvalue weighted by atomic mass is 10.1. The highest BCUT2D eigenvalue weighted by molar-refractivity contribution is 6.30. The standard InChI is InChI=1S/C15H24ClN3O/c1-3-20-12-11-19-15(17-2)18-10-4-5-13-6-8-14(16)9-7-13/h6-9H,3-5,10-12H2,1-2H3,(H2,17,18,19). The molecular formula is C15H24ClN3O. The van der Waals surface area contributed by atoms with Crippen molar-refractivity contribution in [1.82, 2.24) is 10.6 Å². The van der Waals surface area contributed by atoms with Gasteiger partial charge in [0.15, 0.2) is 5.96 Å². The second-order valence-electron chi connectivity index (χ2n) is 4.35. The van der Waals surface area contributed by atoms with Crippen LogP contribution in [0.2, 0.25) is 5.02 Å². The van der Waals surface area contributed by atoms with Crippen LogP contribution in [0.1, 0.15) is 18.9 Å². The van der Waals surface area contributed by atoms with Gasteiger partial charge in [-0.15, -0.1) is 0 Å². The van der Waals surface area contributed by atoms with E-state index in [1.165, 1.54) is 5.56 Å². The molecule has 0 spiro atoms. The highest BCUT2D eigenvalue weighted by Gasteiger charge is 1.97. The van der Waals surface area contributed by atoms with E-state index in [4.69, 9.17) is 16.3 Å². The third kappa shape index (κ3) is 7.36. The number of aliphatic imine (C=N–C) groups is 1. The number of nitrogens with one attached hydrogen (secondary N) is 2. The van der Waals surface area contributed by atoms with E-state index >= 15 is 0 Å². The quantitative estimate of drug-likeness (QED) is 0.440. The molecule has 1 aromatic carbocycles. The lowest BCUT2D eigenvalue weighted by Gasteiger charge is -2.11. The third-order valence-corrected chi connectivity index (χ3v) is 3.07. The highest BCUT2D eigenvalue weighted by atomic mass is 35.5. The molecule has 5 heteroatoms. The van der Waals surface area contributed by atoms with E-state index in [1.54, 1.807) is 7.05 Å². The van der Waals surface area contributed by atoms with E-state index < -0.39 is 0 Å². The van der Waals surface area contributed by atoms with Crippen LogP contribution in [0.4, 0.5) is 0 Å². The fraction of sp³-hybridized carbons (Fsp3) is 0.533.